The van der Waals surface area contributed by atoms with E-state index in [9.17, 15) is 9.90 Å². The number of rotatable bonds is 25. The molecule has 3 heteroatoms. The summed E-state index contributed by atoms with van der Waals surface area (Å²) in [5, 5.41) is 10.2. The molecule has 1 N–H and O–H groups in total. The monoisotopic (exact) mass is 502 g/mol. The minimum Gasteiger partial charge on any atom is -0.426 e. The highest BCUT2D eigenvalue weighted by molar-refractivity contribution is 5.72. The molecule has 1 aromatic carbocycles. The first-order chi connectivity index (χ1) is 17.7. The van der Waals surface area contributed by atoms with E-state index in [2.05, 4.69) is 26.0 Å². The van der Waals surface area contributed by atoms with Gasteiger partial charge in [-0.3, -0.25) is 4.79 Å². The molecular weight excluding hydrogens is 444 g/mol. The van der Waals surface area contributed by atoms with Crippen LogP contribution in [-0.4, -0.2) is 17.2 Å². The number of hydrogen-bond acceptors (Lipinski definition) is 3. The van der Waals surface area contributed by atoms with Crippen LogP contribution in [0.4, 0.5) is 0 Å². The van der Waals surface area contributed by atoms with Gasteiger partial charge in [0.25, 0.3) is 0 Å². The Morgan fingerprint density at radius 3 is 1.53 bits per heavy atom. The van der Waals surface area contributed by atoms with Crippen molar-refractivity contribution in [2.75, 3.05) is 0 Å². The van der Waals surface area contributed by atoms with E-state index < -0.39 is 6.10 Å². The lowest BCUT2D eigenvalue weighted by atomic mass is 10.0. The number of carbonyl (C=O) groups excluding carboxylic acids is 1. The average molecular weight is 503 g/mol. The Hall–Kier alpha value is -1.35. The normalized spacial score (nSPS) is 12.1. The van der Waals surface area contributed by atoms with Crippen molar-refractivity contribution in [3.05, 3.63) is 29.8 Å². The summed E-state index contributed by atoms with van der Waals surface area (Å²) < 4.78 is 5.44. The summed E-state index contributed by atoms with van der Waals surface area (Å²) in [6.07, 6.45) is 27.6. The average Bonchev–Trinajstić information content (AvgIpc) is 2.87. The first-order valence-corrected chi connectivity index (χ1v) is 15.6. The fraction of sp³-hybridized carbons (Fsp3) is 0.788. The topological polar surface area (TPSA) is 46.5 Å². The van der Waals surface area contributed by atoms with Crippen molar-refractivity contribution in [2.24, 2.45) is 0 Å². The first-order valence-electron chi connectivity index (χ1n) is 15.6. The molecule has 0 saturated carbocycles. The van der Waals surface area contributed by atoms with Gasteiger partial charge in [-0.15, -0.1) is 0 Å². The third-order valence-corrected chi connectivity index (χ3v) is 7.27. The smallest absolute Gasteiger partial charge is 0.313 e. The molecule has 0 bridgehead atoms. The minimum atomic E-state index is -0.596. The summed E-state index contributed by atoms with van der Waals surface area (Å²) in [6, 6.07) is 7.88. The van der Waals surface area contributed by atoms with E-state index in [4.69, 9.17) is 4.74 Å². The third-order valence-electron chi connectivity index (χ3n) is 7.27. The van der Waals surface area contributed by atoms with Crippen molar-refractivity contribution < 1.29 is 14.6 Å². The van der Waals surface area contributed by atoms with E-state index in [0.29, 0.717) is 12.2 Å². The van der Waals surface area contributed by atoms with Gasteiger partial charge in [0.1, 0.15) is 5.75 Å². The van der Waals surface area contributed by atoms with Crippen LogP contribution in [0.1, 0.15) is 161 Å². The Kier molecular flexibility index (Phi) is 21.8. The highest BCUT2D eigenvalue weighted by Crippen LogP contribution is 2.17. The summed E-state index contributed by atoms with van der Waals surface area (Å²) in [6.45, 7) is 4.52. The van der Waals surface area contributed by atoms with Crippen LogP contribution in [-0.2, 0) is 11.2 Å². The molecule has 208 valence electrons. The Morgan fingerprint density at radius 1 is 0.639 bits per heavy atom. The molecule has 1 atom stereocenters. The van der Waals surface area contributed by atoms with E-state index in [1.54, 1.807) is 0 Å². The zero-order valence-electron chi connectivity index (χ0n) is 23.9. The van der Waals surface area contributed by atoms with Gasteiger partial charge in [-0.1, -0.05) is 148 Å². The fourth-order valence-corrected chi connectivity index (χ4v) is 4.88. The second-order valence-corrected chi connectivity index (χ2v) is 10.9. The molecule has 0 radical (unpaired) electrons. The van der Waals surface area contributed by atoms with Gasteiger partial charge in [0.05, 0.1) is 12.5 Å². The molecular formula is C33H58O3. The number of unbranched alkanes of at least 4 members (excludes halogenated alkanes) is 18. The van der Waals surface area contributed by atoms with Crippen molar-refractivity contribution in [3.63, 3.8) is 0 Å². The number of esters is 1. The summed E-state index contributed by atoms with van der Waals surface area (Å²) in [5.74, 6) is 0.244. The van der Waals surface area contributed by atoms with Crippen molar-refractivity contribution in [3.8, 4) is 5.75 Å². The molecule has 1 aromatic rings. The first kappa shape index (κ1) is 32.7. The Bertz CT molecular complexity index is 610. The summed E-state index contributed by atoms with van der Waals surface area (Å²) in [4.78, 5) is 12.2. The van der Waals surface area contributed by atoms with Crippen molar-refractivity contribution in [2.45, 2.75) is 168 Å². The lowest BCUT2D eigenvalue weighted by Crippen LogP contribution is -2.17. The van der Waals surface area contributed by atoms with Crippen LogP contribution in [0.5, 0.6) is 5.75 Å². The molecule has 0 aromatic heterocycles. The Morgan fingerprint density at radius 2 is 1.06 bits per heavy atom. The molecule has 0 fully saturated rings. The van der Waals surface area contributed by atoms with Crippen LogP contribution in [0.2, 0.25) is 0 Å². The largest absolute Gasteiger partial charge is 0.426 e. The number of aliphatic hydroxyl groups is 1. The molecule has 0 spiro atoms. The van der Waals surface area contributed by atoms with Crippen molar-refractivity contribution >= 4 is 5.97 Å². The lowest BCUT2D eigenvalue weighted by molar-refractivity contribution is -0.136. The number of aryl methyl sites for hydroxylation is 1. The van der Waals surface area contributed by atoms with Gasteiger partial charge in [0.2, 0.25) is 0 Å². The number of benzene rings is 1. The predicted octanol–water partition coefficient (Wildman–Crippen LogP) is 10.1. The number of hydrogen-bond donors (Lipinski definition) is 1. The van der Waals surface area contributed by atoms with Crippen LogP contribution in [0.15, 0.2) is 24.3 Å². The second-order valence-electron chi connectivity index (χ2n) is 10.9. The maximum atomic E-state index is 12.2. The summed E-state index contributed by atoms with van der Waals surface area (Å²) in [5.41, 5.74) is 1.30. The Balaban J connectivity index is 1.99. The molecule has 0 aliphatic heterocycles. The van der Waals surface area contributed by atoms with Gasteiger partial charge in [-0.2, -0.15) is 0 Å². The van der Waals surface area contributed by atoms with Gasteiger partial charge in [0.15, 0.2) is 0 Å². The van der Waals surface area contributed by atoms with Gasteiger partial charge in [-0.05, 0) is 37.0 Å². The van der Waals surface area contributed by atoms with Gasteiger partial charge >= 0.3 is 5.97 Å². The fourth-order valence-electron chi connectivity index (χ4n) is 4.88. The molecule has 0 saturated heterocycles. The highest BCUT2D eigenvalue weighted by Gasteiger charge is 2.13. The van der Waals surface area contributed by atoms with Crippen molar-refractivity contribution in [1.29, 1.82) is 0 Å². The minimum absolute atomic E-state index is 0.0814. The van der Waals surface area contributed by atoms with E-state index in [0.717, 1.165) is 19.3 Å². The third kappa shape index (κ3) is 19.8. The maximum Gasteiger partial charge on any atom is 0.313 e. The van der Waals surface area contributed by atoms with E-state index in [1.165, 1.54) is 121 Å². The second kappa shape index (κ2) is 24.0. The number of carbonyl (C=O) groups is 1. The van der Waals surface area contributed by atoms with Crippen LogP contribution >= 0.6 is 0 Å². The maximum absolute atomic E-state index is 12.2. The van der Waals surface area contributed by atoms with Gasteiger partial charge in [-0.25, -0.2) is 0 Å². The van der Waals surface area contributed by atoms with Gasteiger partial charge < -0.3 is 9.84 Å². The Labute approximate surface area is 223 Å². The molecule has 0 heterocycles. The van der Waals surface area contributed by atoms with E-state index in [-0.39, 0.29) is 12.4 Å². The van der Waals surface area contributed by atoms with Crippen LogP contribution in [0, 0.1) is 0 Å². The molecule has 3 nitrogen and oxygen atoms in total. The summed E-state index contributed by atoms with van der Waals surface area (Å²) >= 11 is 0. The van der Waals surface area contributed by atoms with E-state index >= 15 is 0 Å². The number of aliphatic hydroxyl groups excluding tert-OH is 1. The predicted molar refractivity (Wildman–Crippen MR) is 155 cm³/mol. The molecule has 0 amide bonds. The van der Waals surface area contributed by atoms with Crippen LogP contribution in [0.3, 0.4) is 0 Å². The molecule has 1 rings (SSSR count). The zero-order chi connectivity index (χ0) is 26.1. The lowest BCUT2D eigenvalue weighted by Gasteiger charge is -2.11. The van der Waals surface area contributed by atoms with Crippen LogP contribution < -0.4 is 4.74 Å². The standard InChI is InChI=1S/C33H58O3/c1-3-5-7-9-11-12-13-14-15-16-18-20-22-24-31(34)29-33(35)36-32-27-25-30(26-28-32)23-21-19-17-10-8-6-4-2/h25-28,31,34H,3-24,29H2,1-2H3. The number of ether oxygens (including phenoxy) is 1. The molecule has 0 aliphatic rings. The van der Waals surface area contributed by atoms with E-state index in [1.807, 2.05) is 12.1 Å². The highest BCUT2D eigenvalue weighted by atomic mass is 16.5. The quantitative estimate of drug-likeness (QED) is 0.0821. The van der Waals surface area contributed by atoms with Gasteiger partial charge in [0, 0.05) is 0 Å². The SMILES string of the molecule is CCCCCCCCCCCCCCCC(O)CC(=O)Oc1ccc(CCCCCCCCC)cc1. The molecule has 0 aliphatic carbocycles. The molecule has 1 unspecified atom stereocenters. The van der Waals surface area contributed by atoms with Crippen LogP contribution in [0.25, 0.3) is 0 Å². The van der Waals surface area contributed by atoms with Crippen molar-refractivity contribution in [1.82, 2.24) is 0 Å². The molecule has 36 heavy (non-hydrogen) atoms. The summed E-state index contributed by atoms with van der Waals surface area (Å²) in [7, 11) is 0. The zero-order valence-corrected chi connectivity index (χ0v) is 23.9.